The van der Waals surface area contributed by atoms with Crippen LogP contribution in [-0.4, -0.2) is 55.7 Å². The van der Waals surface area contributed by atoms with Gasteiger partial charge in [-0.05, 0) is 30.5 Å². The molecule has 1 aromatic heterocycles. The van der Waals surface area contributed by atoms with E-state index in [2.05, 4.69) is 15.6 Å². The number of fused-ring (bicyclic) bond motifs is 1. The molecule has 3 aromatic rings. The highest BCUT2D eigenvalue weighted by molar-refractivity contribution is 5.92. The number of carboxylic acid groups (broad SMARTS) is 1. The van der Waals surface area contributed by atoms with Crippen LogP contribution in [-0.2, 0) is 20.8 Å². The number of H-pyrrole nitrogens is 1. The molecule has 2 amide bonds. The number of para-hydroxylation sites is 1. The Bertz CT molecular complexity index is 1400. The molecule has 1 heterocycles. The molecule has 0 fully saturated rings. The molecule has 2 aromatic carbocycles. The van der Waals surface area contributed by atoms with Gasteiger partial charge in [0.2, 0.25) is 11.8 Å². The van der Waals surface area contributed by atoms with E-state index in [1.54, 1.807) is 62.4 Å². The molecule has 37 heavy (non-hydrogen) atoms. The summed E-state index contributed by atoms with van der Waals surface area (Å²) in [5.74, 6) is -3.52. The van der Waals surface area contributed by atoms with Gasteiger partial charge in [-0.15, -0.1) is 0 Å². The largest absolute Gasteiger partial charge is 0.480 e. The van der Waals surface area contributed by atoms with Gasteiger partial charge in [0, 0.05) is 6.42 Å². The molecule has 0 aliphatic heterocycles. The number of hydrogen-bond acceptors (Lipinski definition) is 6. The van der Waals surface area contributed by atoms with E-state index in [4.69, 9.17) is 0 Å². The van der Waals surface area contributed by atoms with Crippen LogP contribution >= 0.6 is 0 Å². The van der Waals surface area contributed by atoms with E-state index in [1.165, 1.54) is 13.0 Å². The maximum absolute atomic E-state index is 13.6. The van der Waals surface area contributed by atoms with E-state index in [0.29, 0.717) is 11.1 Å². The van der Waals surface area contributed by atoms with Crippen molar-refractivity contribution in [1.29, 1.82) is 0 Å². The molecule has 0 saturated carbocycles. The first-order valence-electron chi connectivity index (χ1n) is 11.8. The van der Waals surface area contributed by atoms with Crippen molar-refractivity contribution in [2.24, 2.45) is 5.92 Å². The van der Waals surface area contributed by atoms with Crippen LogP contribution in [0.4, 0.5) is 0 Å². The molecule has 5 N–H and O–H groups in total. The molecule has 0 aliphatic carbocycles. The SMILES string of the molecule is CC(C)[C@H](NC(=O)[C@H](Cc1ccccc1)n1c(=O)[nH]c2ccccc2c1=O)C(=O)N[C@H](C(=O)O)[C@@H](C)O. The van der Waals surface area contributed by atoms with Gasteiger partial charge in [-0.3, -0.25) is 14.4 Å². The summed E-state index contributed by atoms with van der Waals surface area (Å²) in [6.07, 6.45) is -1.41. The Morgan fingerprint density at radius 2 is 1.49 bits per heavy atom. The summed E-state index contributed by atoms with van der Waals surface area (Å²) >= 11 is 0. The van der Waals surface area contributed by atoms with E-state index in [1.807, 2.05) is 0 Å². The summed E-state index contributed by atoms with van der Waals surface area (Å²) in [4.78, 5) is 66.9. The van der Waals surface area contributed by atoms with E-state index in [0.717, 1.165) is 4.57 Å². The van der Waals surface area contributed by atoms with Crippen LogP contribution in [0.15, 0.2) is 64.2 Å². The van der Waals surface area contributed by atoms with Crippen molar-refractivity contribution in [3.05, 3.63) is 81.0 Å². The minimum absolute atomic E-state index is 0.0220. The van der Waals surface area contributed by atoms with Crippen molar-refractivity contribution in [2.75, 3.05) is 0 Å². The number of nitrogens with zero attached hydrogens (tertiary/aromatic N) is 1. The zero-order chi connectivity index (χ0) is 27.3. The molecule has 3 rings (SSSR count). The lowest BCUT2D eigenvalue weighted by Gasteiger charge is -2.27. The highest BCUT2D eigenvalue weighted by Gasteiger charge is 2.34. The number of amides is 2. The van der Waals surface area contributed by atoms with Gasteiger partial charge < -0.3 is 25.8 Å². The van der Waals surface area contributed by atoms with Crippen molar-refractivity contribution in [1.82, 2.24) is 20.2 Å². The first-order valence-corrected chi connectivity index (χ1v) is 11.8. The van der Waals surface area contributed by atoms with Crippen molar-refractivity contribution in [2.45, 2.75) is 51.4 Å². The molecular formula is C26H30N4O7. The number of rotatable bonds is 10. The summed E-state index contributed by atoms with van der Waals surface area (Å²) in [5.41, 5.74) is -0.455. The minimum Gasteiger partial charge on any atom is -0.480 e. The van der Waals surface area contributed by atoms with Gasteiger partial charge in [0.1, 0.15) is 12.1 Å². The Hall–Kier alpha value is -4.25. The van der Waals surface area contributed by atoms with Crippen LogP contribution in [0.1, 0.15) is 32.4 Å². The second-order valence-electron chi connectivity index (χ2n) is 9.15. The molecule has 0 unspecified atom stereocenters. The molecule has 0 radical (unpaired) electrons. The normalized spacial score (nSPS) is 14.5. The van der Waals surface area contributed by atoms with Crippen LogP contribution in [0.5, 0.6) is 0 Å². The number of hydrogen-bond donors (Lipinski definition) is 5. The van der Waals surface area contributed by atoms with Crippen LogP contribution in [0.3, 0.4) is 0 Å². The van der Waals surface area contributed by atoms with Gasteiger partial charge in [0.05, 0.1) is 17.0 Å². The molecule has 11 nitrogen and oxygen atoms in total. The number of aliphatic hydroxyl groups is 1. The Balaban J connectivity index is 2.02. The predicted octanol–water partition coefficient (Wildman–Crippen LogP) is 0.565. The average Bonchev–Trinajstić information content (AvgIpc) is 2.85. The monoisotopic (exact) mass is 510 g/mol. The van der Waals surface area contributed by atoms with Crippen molar-refractivity contribution in [3.63, 3.8) is 0 Å². The molecule has 4 atom stereocenters. The summed E-state index contributed by atoms with van der Waals surface area (Å²) in [5, 5.41) is 24.1. The molecule has 0 bridgehead atoms. The number of carboxylic acids is 1. The number of nitrogens with one attached hydrogen (secondary N) is 3. The van der Waals surface area contributed by atoms with Crippen LogP contribution in [0, 0.1) is 5.92 Å². The fraction of sp³-hybridized carbons (Fsp3) is 0.346. The van der Waals surface area contributed by atoms with Gasteiger partial charge in [-0.2, -0.15) is 0 Å². The van der Waals surface area contributed by atoms with Crippen LogP contribution in [0.25, 0.3) is 10.9 Å². The molecule has 196 valence electrons. The number of carbonyl (C=O) groups is 3. The number of aromatic amines is 1. The maximum atomic E-state index is 13.6. The molecular weight excluding hydrogens is 480 g/mol. The molecule has 11 heteroatoms. The molecule has 0 spiro atoms. The first kappa shape index (κ1) is 27.3. The van der Waals surface area contributed by atoms with Gasteiger partial charge in [0.25, 0.3) is 5.56 Å². The topological polar surface area (TPSA) is 171 Å². The third-order valence-electron chi connectivity index (χ3n) is 6.02. The lowest BCUT2D eigenvalue weighted by atomic mass is 10.00. The second kappa shape index (κ2) is 11.7. The van der Waals surface area contributed by atoms with Gasteiger partial charge in [-0.1, -0.05) is 56.3 Å². The smallest absolute Gasteiger partial charge is 0.329 e. The van der Waals surface area contributed by atoms with Gasteiger partial charge in [-0.25, -0.2) is 14.2 Å². The predicted molar refractivity (Wildman–Crippen MR) is 136 cm³/mol. The van der Waals surface area contributed by atoms with Gasteiger partial charge in [0.15, 0.2) is 6.04 Å². The number of aliphatic carboxylic acids is 1. The van der Waals surface area contributed by atoms with Crippen molar-refractivity contribution < 1.29 is 24.6 Å². The first-order chi connectivity index (χ1) is 17.5. The zero-order valence-corrected chi connectivity index (χ0v) is 20.7. The van der Waals surface area contributed by atoms with Gasteiger partial charge >= 0.3 is 11.7 Å². The summed E-state index contributed by atoms with van der Waals surface area (Å²) < 4.78 is 0.829. The van der Waals surface area contributed by atoms with Crippen molar-refractivity contribution >= 4 is 28.7 Å². The highest BCUT2D eigenvalue weighted by Crippen LogP contribution is 2.15. The fourth-order valence-corrected chi connectivity index (χ4v) is 4.01. The fourth-order valence-electron chi connectivity index (χ4n) is 4.01. The zero-order valence-electron chi connectivity index (χ0n) is 20.7. The lowest BCUT2D eigenvalue weighted by molar-refractivity contribution is -0.145. The Labute approximate surface area is 212 Å². The Morgan fingerprint density at radius 3 is 2.08 bits per heavy atom. The third-order valence-corrected chi connectivity index (χ3v) is 6.02. The molecule has 0 aliphatic rings. The lowest BCUT2D eigenvalue weighted by Crippen LogP contribution is -2.57. The van der Waals surface area contributed by atoms with E-state index in [9.17, 15) is 34.2 Å². The maximum Gasteiger partial charge on any atom is 0.329 e. The summed E-state index contributed by atoms with van der Waals surface area (Å²) in [6.45, 7) is 4.50. The quantitative estimate of drug-likeness (QED) is 0.265. The number of carbonyl (C=O) groups excluding carboxylic acids is 2. The second-order valence-corrected chi connectivity index (χ2v) is 9.15. The Kier molecular flexibility index (Phi) is 8.61. The number of aliphatic hydroxyl groups excluding tert-OH is 1. The highest BCUT2D eigenvalue weighted by atomic mass is 16.4. The van der Waals surface area contributed by atoms with Crippen molar-refractivity contribution in [3.8, 4) is 0 Å². The average molecular weight is 511 g/mol. The van der Waals surface area contributed by atoms with E-state index >= 15 is 0 Å². The summed E-state index contributed by atoms with van der Waals surface area (Å²) in [6, 6.07) is 11.1. The molecule has 0 saturated heterocycles. The van der Waals surface area contributed by atoms with Crippen LogP contribution in [0.2, 0.25) is 0 Å². The van der Waals surface area contributed by atoms with E-state index in [-0.39, 0.29) is 11.8 Å². The Morgan fingerprint density at radius 1 is 0.892 bits per heavy atom. The minimum atomic E-state index is -1.59. The standard InChI is InChI=1S/C26H30N4O7/c1-14(2)20(23(33)29-21(15(3)31)25(35)36)28-22(32)19(13-16-9-5-4-6-10-16)30-24(34)17-11-7-8-12-18(17)27-26(30)37/h4-12,14-15,19-21,31H,13H2,1-3H3,(H,27,37)(H,28,32)(H,29,33)(H,35,36)/t15-,19+,20+,21+/m1/s1. The number of benzene rings is 2. The van der Waals surface area contributed by atoms with Crippen LogP contribution < -0.4 is 21.9 Å². The summed E-state index contributed by atoms with van der Waals surface area (Å²) in [7, 11) is 0. The van der Waals surface area contributed by atoms with E-state index < -0.39 is 59.2 Å². The third kappa shape index (κ3) is 6.31. The number of aromatic nitrogens is 2.